The first kappa shape index (κ1) is 15.0. The van der Waals surface area contributed by atoms with Crippen molar-refractivity contribution in [3.05, 3.63) is 46.2 Å². The summed E-state index contributed by atoms with van der Waals surface area (Å²) in [5, 5.41) is 4.21. The third-order valence-electron chi connectivity index (χ3n) is 2.50. The lowest BCUT2D eigenvalue weighted by Gasteiger charge is -2.08. The number of benzene rings is 1. The number of halogens is 2. The van der Waals surface area contributed by atoms with Crippen molar-refractivity contribution >= 4 is 23.2 Å². The fourth-order valence-electron chi connectivity index (χ4n) is 1.45. The summed E-state index contributed by atoms with van der Waals surface area (Å²) in [6.45, 7) is 4.90. The van der Waals surface area contributed by atoms with E-state index in [1.165, 1.54) is 0 Å². The molecule has 6 heteroatoms. The molecule has 20 heavy (non-hydrogen) atoms. The smallest absolute Gasteiger partial charge is 0.321 e. The second-order valence-corrected chi connectivity index (χ2v) is 5.40. The molecule has 0 bridgehead atoms. The number of hydrogen-bond donors (Lipinski definition) is 1. The van der Waals surface area contributed by atoms with Crippen molar-refractivity contribution < 1.29 is 4.74 Å². The molecule has 0 saturated carbocycles. The van der Waals surface area contributed by atoms with Crippen LogP contribution in [0, 0.1) is 0 Å². The van der Waals surface area contributed by atoms with Gasteiger partial charge in [-0.25, -0.2) is 9.97 Å². The molecule has 106 valence electrons. The molecular formula is C14H15Cl2N3O. The van der Waals surface area contributed by atoms with Gasteiger partial charge in [0, 0.05) is 36.6 Å². The van der Waals surface area contributed by atoms with Crippen molar-refractivity contribution in [3.8, 4) is 11.8 Å². The van der Waals surface area contributed by atoms with E-state index in [1.807, 2.05) is 0 Å². The van der Waals surface area contributed by atoms with Crippen LogP contribution in [0.25, 0.3) is 0 Å². The molecule has 0 fully saturated rings. The minimum Gasteiger partial charge on any atom is -0.424 e. The van der Waals surface area contributed by atoms with Gasteiger partial charge in [0.05, 0.1) is 10.0 Å². The highest BCUT2D eigenvalue weighted by Gasteiger charge is 2.04. The summed E-state index contributed by atoms with van der Waals surface area (Å²) >= 11 is 11.8. The van der Waals surface area contributed by atoms with Gasteiger partial charge in [-0.2, -0.15) is 0 Å². The Bertz CT molecular complexity index is 573. The standard InChI is InChI=1S/C14H15Cl2N3O/c1-9(2)17-6-10-7-18-14(19-8-10)20-11-3-4-12(15)13(16)5-11/h3-5,7-9,17H,6H2,1-2H3. The first-order valence-electron chi connectivity index (χ1n) is 6.22. The molecule has 2 aromatic rings. The Morgan fingerprint density at radius 2 is 1.85 bits per heavy atom. The van der Waals surface area contributed by atoms with Crippen LogP contribution in [-0.2, 0) is 6.54 Å². The van der Waals surface area contributed by atoms with Gasteiger partial charge in [0.1, 0.15) is 5.75 Å². The lowest BCUT2D eigenvalue weighted by Crippen LogP contribution is -2.21. The molecule has 0 atom stereocenters. The molecule has 0 aliphatic carbocycles. The number of hydrogen-bond acceptors (Lipinski definition) is 4. The summed E-state index contributed by atoms with van der Waals surface area (Å²) in [6.07, 6.45) is 3.46. The fraction of sp³-hybridized carbons (Fsp3) is 0.286. The SMILES string of the molecule is CC(C)NCc1cnc(Oc2ccc(Cl)c(Cl)c2)nc1. The third kappa shape index (κ3) is 4.34. The zero-order chi connectivity index (χ0) is 14.5. The Balaban J connectivity index is 2.01. The zero-order valence-electron chi connectivity index (χ0n) is 11.2. The normalized spacial score (nSPS) is 10.8. The molecule has 0 unspecified atom stereocenters. The van der Waals surface area contributed by atoms with Crippen LogP contribution in [0.15, 0.2) is 30.6 Å². The summed E-state index contributed by atoms with van der Waals surface area (Å²) in [4.78, 5) is 8.31. The molecule has 0 radical (unpaired) electrons. The quantitative estimate of drug-likeness (QED) is 0.904. The molecule has 0 aliphatic rings. The minimum absolute atomic E-state index is 0.275. The highest BCUT2D eigenvalue weighted by molar-refractivity contribution is 6.42. The topological polar surface area (TPSA) is 47.0 Å². The first-order valence-corrected chi connectivity index (χ1v) is 6.97. The maximum absolute atomic E-state index is 5.92. The van der Waals surface area contributed by atoms with E-state index in [9.17, 15) is 0 Å². The predicted molar refractivity (Wildman–Crippen MR) is 80.5 cm³/mol. The molecule has 4 nitrogen and oxygen atoms in total. The Morgan fingerprint density at radius 1 is 1.15 bits per heavy atom. The fourth-order valence-corrected chi connectivity index (χ4v) is 1.74. The highest BCUT2D eigenvalue weighted by Crippen LogP contribution is 2.28. The van der Waals surface area contributed by atoms with E-state index in [0.717, 1.165) is 12.1 Å². The molecular weight excluding hydrogens is 297 g/mol. The molecule has 2 rings (SSSR count). The van der Waals surface area contributed by atoms with Crippen LogP contribution in [0.4, 0.5) is 0 Å². The van der Waals surface area contributed by atoms with E-state index < -0.39 is 0 Å². The number of nitrogens with one attached hydrogen (secondary N) is 1. The summed E-state index contributed by atoms with van der Waals surface area (Å²) < 4.78 is 5.51. The maximum atomic E-state index is 5.92. The first-order chi connectivity index (χ1) is 9.54. The summed E-state index contributed by atoms with van der Waals surface area (Å²) in [6, 6.07) is 5.70. The van der Waals surface area contributed by atoms with Crippen LogP contribution in [0.1, 0.15) is 19.4 Å². The van der Waals surface area contributed by atoms with Gasteiger partial charge in [0.25, 0.3) is 0 Å². The van der Waals surface area contributed by atoms with Crippen molar-refractivity contribution in [2.45, 2.75) is 26.4 Å². The Kier molecular flexibility index (Phi) is 5.17. The van der Waals surface area contributed by atoms with Crippen LogP contribution in [0.3, 0.4) is 0 Å². The number of aromatic nitrogens is 2. The monoisotopic (exact) mass is 311 g/mol. The van der Waals surface area contributed by atoms with Gasteiger partial charge >= 0.3 is 6.01 Å². The molecule has 0 amide bonds. The highest BCUT2D eigenvalue weighted by atomic mass is 35.5. The van der Waals surface area contributed by atoms with Crippen LogP contribution >= 0.6 is 23.2 Å². The number of nitrogens with zero attached hydrogens (tertiary/aromatic N) is 2. The predicted octanol–water partition coefficient (Wildman–Crippen LogP) is 4.07. The van der Waals surface area contributed by atoms with Gasteiger partial charge in [-0.3, -0.25) is 0 Å². The summed E-state index contributed by atoms with van der Waals surface area (Å²) in [7, 11) is 0. The van der Waals surface area contributed by atoms with E-state index in [4.69, 9.17) is 27.9 Å². The average molecular weight is 312 g/mol. The molecule has 1 heterocycles. The second kappa shape index (κ2) is 6.88. The van der Waals surface area contributed by atoms with Crippen molar-refractivity contribution in [2.24, 2.45) is 0 Å². The lowest BCUT2D eigenvalue weighted by molar-refractivity contribution is 0.440. The Labute approximate surface area is 128 Å². The molecule has 1 aromatic carbocycles. The van der Waals surface area contributed by atoms with Crippen molar-refractivity contribution in [2.75, 3.05) is 0 Å². The van der Waals surface area contributed by atoms with Gasteiger partial charge < -0.3 is 10.1 Å². The molecule has 1 aromatic heterocycles. The molecule has 0 saturated heterocycles. The van der Waals surface area contributed by atoms with Crippen molar-refractivity contribution in [3.63, 3.8) is 0 Å². The lowest BCUT2D eigenvalue weighted by atomic mass is 10.3. The van der Waals surface area contributed by atoms with E-state index in [-0.39, 0.29) is 6.01 Å². The van der Waals surface area contributed by atoms with E-state index in [0.29, 0.717) is 21.8 Å². The van der Waals surface area contributed by atoms with Gasteiger partial charge in [-0.05, 0) is 12.1 Å². The second-order valence-electron chi connectivity index (χ2n) is 4.59. The largest absolute Gasteiger partial charge is 0.424 e. The number of ether oxygens (including phenoxy) is 1. The molecule has 1 N–H and O–H groups in total. The van der Waals surface area contributed by atoms with Crippen LogP contribution in [0.5, 0.6) is 11.8 Å². The van der Waals surface area contributed by atoms with E-state index in [2.05, 4.69) is 29.1 Å². The van der Waals surface area contributed by atoms with Gasteiger partial charge in [0.15, 0.2) is 0 Å². The summed E-state index contributed by atoms with van der Waals surface area (Å²) in [5.74, 6) is 0.549. The average Bonchev–Trinajstić information content (AvgIpc) is 2.42. The van der Waals surface area contributed by atoms with Gasteiger partial charge in [0.2, 0.25) is 0 Å². The number of rotatable bonds is 5. The summed E-state index contributed by atoms with van der Waals surface area (Å²) in [5.41, 5.74) is 1.00. The van der Waals surface area contributed by atoms with E-state index in [1.54, 1.807) is 30.6 Å². The third-order valence-corrected chi connectivity index (χ3v) is 3.24. The van der Waals surface area contributed by atoms with Crippen LogP contribution < -0.4 is 10.1 Å². The Hall–Kier alpha value is -1.36. The zero-order valence-corrected chi connectivity index (χ0v) is 12.7. The van der Waals surface area contributed by atoms with Crippen molar-refractivity contribution in [1.82, 2.24) is 15.3 Å². The minimum atomic E-state index is 0.275. The van der Waals surface area contributed by atoms with Crippen LogP contribution in [0.2, 0.25) is 10.0 Å². The van der Waals surface area contributed by atoms with Gasteiger partial charge in [-0.15, -0.1) is 0 Å². The van der Waals surface area contributed by atoms with Gasteiger partial charge in [-0.1, -0.05) is 37.0 Å². The molecule has 0 aliphatic heterocycles. The van der Waals surface area contributed by atoms with Crippen LogP contribution in [-0.4, -0.2) is 16.0 Å². The van der Waals surface area contributed by atoms with E-state index >= 15 is 0 Å². The van der Waals surface area contributed by atoms with Crippen molar-refractivity contribution in [1.29, 1.82) is 0 Å². The maximum Gasteiger partial charge on any atom is 0.321 e. The molecule has 0 spiro atoms. The Morgan fingerprint density at radius 3 is 2.45 bits per heavy atom.